The van der Waals surface area contributed by atoms with Gasteiger partial charge in [0.25, 0.3) is 5.56 Å². The van der Waals surface area contributed by atoms with E-state index in [1.54, 1.807) is 39.0 Å². The van der Waals surface area contributed by atoms with E-state index >= 15 is 4.39 Å². The van der Waals surface area contributed by atoms with Crippen LogP contribution in [0.5, 0.6) is 5.75 Å². The lowest BCUT2D eigenvalue weighted by Crippen LogP contribution is -2.32. The minimum absolute atomic E-state index is 0.0502. The van der Waals surface area contributed by atoms with Crippen LogP contribution < -0.4 is 21.3 Å². The number of halogens is 2. The van der Waals surface area contributed by atoms with E-state index in [0.717, 1.165) is 12.8 Å². The molecule has 1 aliphatic rings. The molecule has 40 heavy (non-hydrogen) atoms. The lowest BCUT2D eigenvalue weighted by molar-refractivity contribution is 0.0523. The van der Waals surface area contributed by atoms with Crippen molar-refractivity contribution >= 4 is 39.8 Å². The Morgan fingerprint density at radius 3 is 2.67 bits per heavy atom. The first-order valence-corrected chi connectivity index (χ1v) is 12.8. The van der Waals surface area contributed by atoms with Gasteiger partial charge in [0.05, 0.1) is 40.0 Å². The summed E-state index contributed by atoms with van der Waals surface area (Å²) in [5, 5.41) is 19.6. The molecule has 3 aromatic rings. The van der Waals surface area contributed by atoms with Crippen molar-refractivity contribution in [2.45, 2.75) is 51.9 Å². The molecule has 1 aliphatic carbocycles. The molecule has 4 N–H and O–H groups in total. The third-order valence-electron chi connectivity index (χ3n) is 5.97. The Hall–Kier alpha value is -4.43. The number of fused-ring (bicyclic) bond motifs is 1. The Morgan fingerprint density at radius 1 is 1.35 bits per heavy atom. The van der Waals surface area contributed by atoms with Crippen molar-refractivity contribution in [3.05, 3.63) is 74.0 Å². The van der Waals surface area contributed by atoms with Gasteiger partial charge in [-0.05, 0) is 51.3 Å². The normalized spacial score (nSPS) is 14.1. The number of aromatic nitrogens is 2. The van der Waals surface area contributed by atoms with Crippen molar-refractivity contribution < 1.29 is 18.7 Å². The van der Waals surface area contributed by atoms with Gasteiger partial charge in [0, 0.05) is 30.3 Å². The van der Waals surface area contributed by atoms with Crippen LogP contribution in [-0.4, -0.2) is 40.8 Å². The summed E-state index contributed by atoms with van der Waals surface area (Å²) < 4.78 is 26.6. The fourth-order valence-corrected chi connectivity index (χ4v) is 4.26. The minimum atomic E-state index is -0.845. The summed E-state index contributed by atoms with van der Waals surface area (Å²) in [4.78, 5) is 29.0. The van der Waals surface area contributed by atoms with E-state index < -0.39 is 23.1 Å². The van der Waals surface area contributed by atoms with Gasteiger partial charge >= 0.3 is 6.09 Å². The van der Waals surface area contributed by atoms with Crippen LogP contribution >= 0.6 is 11.6 Å². The van der Waals surface area contributed by atoms with Gasteiger partial charge in [-0.25, -0.2) is 14.3 Å². The molecular formula is C28H28ClFN6O4. The standard InChI is InChI=1S/C28H28ClFN6O4/c1-28(2,3)40-27(38)34-13-21-17-9-14(5-8-16(17)26(37)36-35-21)18(11-31)25(33-4)23-19(12-32)22(39-15-6-7-15)10-20(29)24(23)30/h5,8-11,15H,6-7,13,31H2,1-4H3,(H,34,38)(H,36,37)/b18-11-,33-25?. The summed E-state index contributed by atoms with van der Waals surface area (Å²) in [7, 11) is 1.44. The molecule has 1 heterocycles. The fraction of sp³-hybridized carbons (Fsp3) is 0.321. The molecule has 0 bridgehead atoms. The van der Waals surface area contributed by atoms with Crippen molar-refractivity contribution in [1.29, 1.82) is 5.26 Å². The molecule has 0 radical (unpaired) electrons. The molecule has 2 aromatic carbocycles. The third kappa shape index (κ3) is 6.07. The number of H-pyrrole nitrogens is 1. The van der Waals surface area contributed by atoms with Gasteiger partial charge in [-0.1, -0.05) is 17.7 Å². The fourth-order valence-electron chi connectivity index (χ4n) is 4.07. The second-order valence-corrected chi connectivity index (χ2v) is 10.5. The number of nitrogens with zero attached hydrogens (tertiary/aromatic N) is 3. The zero-order valence-electron chi connectivity index (χ0n) is 22.4. The zero-order chi connectivity index (χ0) is 29.2. The van der Waals surface area contributed by atoms with Crippen molar-refractivity contribution in [2.75, 3.05) is 7.05 Å². The van der Waals surface area contributed by atoms with E-state index in [9.17, 15) is 14.9 Å². The second-order valence-electron chi connectivity index (χ2n) is 10.1. The number of hydrogen-bond donors (Lipinski definition) is 3. The first kappa shape index (κ1) is 28.6. The highest BCUT2D eigenvalue weighted by Crippen LogP contribution is 2.37. The summed E-state index contributed by atoms with van der Waals surface area (Å²) >= 11 is 6.20. The Balaban J connectivity index is 1.79. The summed E-state index contributed by atoms with van der Waals surface area (Å²) in [6.45, 7) is 5.16. The van der Waals surface area contributed by atoms with E-state index in [4.69, 9.17) is 26.8 Å². The number of alkyl carbamates (subject to hydrolysis) is 1. The number of nitrogens with one attached hydrogen (secondary N) is 2. The highest BCUT2D eigenvalue weighted by molar-refractivity contribution is 6.35. The number of ether oxygens (including phenoxy) is 2. The van der Waals surface area contributed by atoms with Gasteiger partial charge in [0.1, 0.15) is 23.0 Å². The van der Waals surface area contributed by atoms with Gasteiger partial charge in [0.2, 0.25) is 0 Å². The van der Waals surface area contributed by atoms with Crippen LogP contribution in [0, 0.1) is 17.1 Å². The lowest BCUT2D eigenvalue weighted by Gasteiger charge is -2.19. The maximum atomic E-state index is 15.5. The summed E-state index contributed by atoms with van der Waals surface area (Å²) in [6, 6.07) is 8.10. The first-order chi connectivity index (χ1) is 19.0. The van der Waals surface area contributed by atoms with Crippen LogP contribution in [0.15, 0.2) is 40.3 Å². The van der Waals surface area contributed by atoms with Crippen molar-refractivity contribution in [2.24, 2.45) is 10.7 Å². The smallest absolute Gasteiger partial charge is 0.407 e. The number of allylic oxidation sites excluding steroid dienone is 1. The number of rotatable bonds is 7. The molecule has 1 amide bonds. The topological polar surface area (TPSA) is 155 Å². The third-order valence-corrected chi connectivity index (χ3v) is 6.25. The molecule has 0 spiro atoms. The van der Waals surface area contributed by atoms with Crippen LogP contribution in [0.1, 0.15) is 56.0 Å². The predicted octanol–water partition coefficient (Wildman–Crippen LogP) is 4.57. The van der Waals surface area contributed by atoms with Gasteiger partial charge in [-0.3, -0.25) is 9.79 Å². The molecule has 0 atom stereocenters. The molecule has 1 saturated carbocycles. The number of aliphatic imine (C=N–C) groups is 1. The molecule has 12 heteroatoms. The average molecular weight is 567 g/mol. The van der Waals surface area contributed by atoms with Crippen molar-refractivity contribution in [3.8, 4) is 11.8 Å². The Labute approximate surface area is 234 Å². The highest BCUT2D eigenvalue weighted by atomic mass is 35.5. The van der Waals surface area contributed by atoms with E-state index in [1.807, 2.05) is 6.07 Å². The molecule has 10 nitrogen and oxygen atoms in total. The molecule has 4 rings (SSSR count). The largest absolute Gasteiger partial charge is 0.489 e. The molecular weight excluding hydrogens is 539 g/mol. The van der Waals surface area contributed by atoms with Crippen molar-refractivity contribution in [3.63, 3.8) is 0 Å². The Kier molecular flexibility index (Phi) is 8.11. The van der Waals surface area contributed by atoms with Crippen LogP contribution in [0.25, 0.3) is 16.3 Å². The number of carbonyl (C=O) groups excluding carboxylic acids is 1. The first-order valence-electron chi connectivity index (χ1n) is 12.4. The Bertz CT molecular complexity index is 1650. The van der Waals surface area contributed by atoms with E-state index in [-0.39, 0.29) is 45.8 Å². The SMILES string of the molecule is CN=C(/C(=C\N)c1ccc2c(=O)[nH]nc(CNC(=O)OC(C)(C)C)c2c1)c1c(F)c(Cl)cc(OC2CC2)c1C#N. The number of amides is 1. The van der Waals surface area contributed by atoms with Gasteiger partial charge < -0.3 is 20.5 Å². The maximum absolute atomic E-state index is 15.5. The molecule has 0 unspecified atom stereocenters. The van der Waals surface area contributed by atoms with Gasteiger partial charge in [0.15, 0.2) is 5.82 Å². The van der Waals surface area contributed by atoms with Gasteiger partial charge in [-0.2, -0.15) is 10.4 Å². The van der Waals surface area contributed by atoms with Crippen LogP contribution in [0.2, 0.25) is 5.02 Å². The van der Waals surface area contributed by atoms with Crippen LogP contribution in [0.4, 0.5) is 9.18 Å². The molecule has 208 valence electrons. The number of nitrogens with two attached hydrogens (primary N) is 1. The molecule has 1 aromatic heterocycles. The lowest BCUT2D eigenvalue weighted by atomic mass is 9.91. The molecule has 0 saturated heterocycles. The second kappa shape index (κ2) is 11.4. The number of hydrogen-bond acceptors (Lipinski definition) is 8. The summed E-state index contributed by atoms with van der Waals surface area (Å²) in [5.74, 6) is -0.684. The summed E-state index contributed by atoms with van der Waals surface area (Å²) in [5.41, 5.74) is 5.80. The summed E-state index contributed by atoms with van der Waals surface area (Å²) in [6.07, 6.45) is 2.16. The van der Waals surface area contributed by atoms with Crippen molar-refractivity contribution in [1.82, 2.24) is 15.5 Å². The monoisotopic (exact) mass is 566 g/mol. The molecule has 0 aliphatic heterocycles. The number of carbonyl (C=O) groups is 1. The van der Waals surface area contributed by atoms with E-state index in [0.29, 0.717) is 22.0 Å². The van der Waals surface area contributed by atoms with Gasteiger partial charge in [-0.15, -0.1) is 0 Å². The average Bonchev–Trinajstić information content (AvgIpc) is 3.72. The van der Waals surface area contributed by atoms with E-state index in [2.05, 4.69) is 20.5 Å². The number of benzene rings is 2. The Morgan fingerprint density at radius 2 is 2.08 bits per heavy atom. The van der Waals surface area contributed by atoms with Crippen LogP contribution in [0.3, 0.4) is 0 Å². The minimum Gasteiger partial charge on any atom is -0.489 e. The predicted molar refractivity (Wildman–Crippen MR) is 150 cm³/mol. The number of nitriles is 1. The maximum Gasteiger partial charge on any atom is 0.407 e. The quantitative estimate of drug-likeness (QED) is 0.354. The van der Waals surface area contributed by atoms with Crippen LogP contribution in [-0.2, 0) is 11.3 Å². The molecule has 1 fully saturated rings. The highest BCUT2D eigenvalue weighted by Gasteiger charge is 2.30. The van der Waals surface area contributed by atoms with E-state index in [1.165, 1.54) is 19.3 Å². The zero-order valence-corrected chi connectivity index (χ0v) is 23.1. The number of aromatic amines is 1.